The molecule has 1 aliphatic heterocycles. The zero-order valence-electron chi connectivity index (χ0n) is 10.8. The first-order valence-electron chi connectivity index (χ1n) is 6.55. The lowest BCUT2D eigenvalue weighted by atomic mass is 10.1. The SMILES string of the molecule is CCOc1cc(CNC2CCOCC2)ccc1O. The lowest BCUT2D eigenvalue weighted by Crippen LogP contribution is -2.34. The average molecular weight is 251 g/mol. The van der Waals surface area contributed by atoms with Gasteiger partial charge in [0.2, 0.25) is 0 Å². The number of hydrogen-bond acceptors (Lipinski definition) is 4. The molecule has 2 rings (SSSR count). The van der Waals surface area contributed by atoms with E-state index in [1.165, 1.54) is 0 Å². The van der Waals surface area contributed by atoms with Crippen LogP contribution in [0.2, 0.25) is 0 Å². The molecule has 0 atom stereocenters. The van der Waals surface area contributed by atoms with Crippen molar-refractivity contribution in [1.29, 1.82) is 0 Å². The number of benzene rings is 1. The molecule has 1 aliphatic rings. The van der Waals surface area contributed by atoms with Gasteiger partial charge >= 0.3 is 0 Å². The van der Waals surface area contributed by atoms with Crippen molar-refractivity contribution in [3.05, 3.63) is 23.8 Å². The molecule has 4 heteroatoms. The zero-order valence-corrected chi connectivity index (χ0v) is 10.8. The van der Waals surface area contributed by atoms with E-state index in [9.17, 15) is 5.11 Å². The Kier molecular flexibility index (Phi) is 4.84. The maximum atomic E-state index is 9.62. The largest absolute Gasteiger partial charge is 0.504 e. The molecule has 0 bridgehead atoms. The molecule has 0 aliphatic carbocycles. The third kappa shape index (κ3) is 3.62. The van der Waals surface area contributed by atoms with Gasteiger partial charge in [-0.15, -0.1) is 0 Å². The Bertz CT molecular complexity index is 375. The van der Waals surface area contributed by atoms with E-state index in [-0.39, 0.29) is 5.75 Å². The van der Waals surface area contributed by atoms with Gasteiger partial charge < -0.3 is 19.9 Å². The minimum Gasteiger partial charge on any atom is -0.504 e. The molecular formula is C14H21NO3. The first kappa shape index (κ1) is 13.2. The van der Waals surface area contributed by atoms with Crippen LogP contribution < -0.4 is 10.1 Å². The first-order chi connectivity index (χ1) is 8.79. The average Bonchev–Trinajstić information content (AvgIpc) is 2.41. The molecule has 100 valence electrons. The van der Waals surface area contributed by atoms with Crippen LogP contribution in [0.5, 0.6) is 11.5 Å². The molecule has 0 radical (unpaired) electrons. The predicted octanol–water partition coefficient (Wildman–Crippen LogP) is 2.06. The van der Waals surface area contributed by atoms with Crippen molar-refractivity contribution in [2.75, 3.05) is 19.8 Å². The molecule has 18 heavy (non-hydrogen) atoms. The Balaban J connectivity index is 1.90. The standard InChI is InChI=1S/C14H21NO3/c1-2-18-14-9-11(3-4-13(14)16)10-15-12-5-7-17-8-6-12/h3-4,9,12,15-16H,2,5-8,10H2,1H3. The maximum Gasteiger partial charge on any atom is 0.161 e. The van der Waals surface area contributed by atoms with Crippen LogP contribution in [0.25, 0.3) is 0 Å². The second-order valence-electron chi connectivity index (χ2n) is 4.50. The van der Waals surface area contributed by atoms with Crippen molar-refractivity contribution < 1.29 is 14.6 Å². The lowest BCUT2D eigenvalue weighted by Gasteiger charge is -2.23. The van der Waals surface area contributed by atoms with E-state index < -0.39 is 0 Å². The van der Waals surface area contributed by atoms with Crippen LogP contribution in [0.3, 0.4) is 0 Å². The van der Waals surface area contributed by atoms with E-state index in [0.29, 0.717) is 18.4 Å². The minimum absolute atomic E-state index is 0.201. The van der Waals surface area contributed by atoms with Gasteiger partial charge in [0.05, 0.1) is 6.61 Å². The smallest absolute Gasteiger partial charge is 0.161 e. The van der Waals surface area contributed by atoms with Gasteiger partial charge in [-0.2, -0.15) is 0 Å². The topological polar surface area (TPSA) is 50.7 Å². The maximum absolute atomic E-state index is 9.62. The number of hydrogen-bond donors (Lipinski definition) is 2. The van der Waals surface area contributed by atoms with Gasteiger partial charge in [0.1, 0.15) is 0 Å². The summed E-state index contributed by atoms with van der Waals surface area (Å²) in [6.07, 6.45) is 2.13. The van der Waals surface area contributed by atoms with Crippen LogP contribution in [-0.4, -0.2) is 31.0 Å². The number of aromatic hydroxyl groups is 1. The molecule has 0 unspecified atom stereocenters. The highest BCUT2D eigenvalue weighted by molar-refractivity contribution is 5.41. The molecule has 1 aromatic rings. The summed E-state index contributed by atoms with van der Waals surface area (Å²) in [6.45, 7) is 4.96. The van der Waals surface area contributed by atoms with E-state index in [2.05, 4.69) is 5.32 Å². The van der Waals surface area contributed by atoms with Gasteiger partial charge in [-0.25, -0.2) is 0 Å². The number of ether oxygens (including phenoxy) is 2. The Morgan fingerprint density at radius 3 is 2.89 bits per heavy atom. The first-order valence-corrected chi connectivity index (χ1v) is 6.55. The van der Waals surface area contributed by atoms with E-state index in [1.54, 1.807) is 6.07 Å². The summed E-state index contributed by atoms with van der Waals surface area (Å²) in [5, 5.41) is 13.1. The van der Waals surface area contributed by atoms with Gasteiger partial charge in [0.15, 0.2) is 11.5 Å². The summed E-state index contributed by atoms with van der Waals surface area (Å²) in [4.78, 5) is 0. The van der Waals surface area contributed by atoms with Crippen LogP contribution in [0.1, 0.15) is 25.3 Å². The highest BCUT2D eigenvalue weighted by atomic mass is 16.5. The highest BCUT2D eigenvalue weighted by Crippen LogP contribution is 2.26. The summed E-state index contributed by atoms with van der Waals surface area (Å²) in [6, 6.07) is 6.03. The second-order valence-corrected chi connectivity index (χ2v) is 4.50. The Hall–Kier alpha value is -1.26. The lowest BCUT2D eigenvalue weighted by molar-refractivity contribution is 0.0776. The molecule has 0 aromatic heterocycles. The van der Waals surface area contributed by atoms with Gasteiger partial charge in [-0.3, -0.25) is 0 Å². The fourth-order valence-corrected chi connectivity index (χ4v) is 2.10. The molecule has 1 heterocycles. The molecule has 1 fully saturated rings. The van der Waals surface area contributed by atoms with Crippen molar-refractivity contribution in [3.8, 4) is 11.5 Å². The van der Waals surface area contributed by atoms with Crippen molar-refractivity contribution >= 4 is 0 Å². The molecule has 0 saturated carbocycles. The summed E-state index contributed by atoms with van der Waals surface area (Å²) in [5.41, 5.74) is 1.13. The molecule has 1 aromatic carbocycles. The summed E-state index contributed by atoms with van der Waals surface area (Å²) in [5.74, 6) is 0.760. The van der Waals surface area contributed by atoms with Crippen LogP contribution in [-0.2, 0) is 11.3 Å². The van der Waals surface area contributed by atoms with Gasteiger partial charge in [0, 0.05) is 25.8 Å². The van der Waals surface area contributed by atoms with E-state index in [4.69, 9.17) is 9.47 Å². The van der Waals surface area contributed by atoms with Crippen molar-refractivity contribution in [2.24, 2.45) is 0 Å². The van der Waals surface area contributed by atoms with Crippen LogP contribution >= 0.6 is 0 Å². The van der Waals surface area contributed by atoms with Crippen LogP contribution in [0.4, 0.5) is 0 Å². The second kappa shape index (κ2) is 6.61. The molecule has 2 N–H and O–H groups in total. The third-order valence-corrected chi connectivity index (χ3v) is 3.14. The molecule has 0 amide bonds. The Labute approximate surface area is 108 Å². The van der Waals surface area contributed by atoms with E-state index >= 15 is 0 Å². The van der Waals surface area contributed by atoms with Gasteiger partial charge in [-0.05, 0) is 37.5 Å². The Morgan fingerprint density at radius 1 is 1.39 bits per heavy atom. The predicted molar refractivity (Wildman–Crippen MR) is 70.0 cm³/mol. The number of phenolic OH excluding ortho intramolecular Hbond substituents is 1. The quantitative estimate of drug-likeness (QED) is 0.841. The normalized spacial score (nSPS) is 16.7. The molecular weight excluding hydrogens is 230 g/mol. The number of phenols is 1. The fourth-order valence-electron chi connectivity index (χ4n) is 2.10. The third-order valence-electron chi connectivity index (χ3n) is 3.14. The summed E-state index contributed by atoms with van der Waals surface area (Å²) < 4.78 is 10.7. The van der Waals surface area contributed by atoms with E-state index in [1.807, 2.05) is 19.1 Å². The van der Waals surface area contributed by atoms with Crippen molar-refractivity contribution in [3.63, 3.8) is 0 Å². The zero-order chi connectivity index (χ0) is 12.8. The summed E-state index contributed by atoms with van der Waals surface area (Å²) in [7, 11) is 0. The van der Waals surface area contributed by atoms with Gasteiger partial charge in [0.25, 0.3) is 0 Å². The molecule has 4 nitrogen and oxygen atoms in total. The number of nitrogens with one attached hydrogen (secondary N) is 1. The van der Waals surface area contributed by atoms with E-state index in [0.717, 1.165) is 38.2 Å². The van der Waals surface area contributed by atoms with Gasteiger partial charge in [-0.1, -0.05) is 6.07 Å². The monoisotopic (exact) mass is 251 g/mol. The fraction of sp³-hybridized carbons (Fsp3) is 0.571. The highest BCUT2D eigenvalue weighted by Gasteiger charge is 2.13. The van der Waals surface area contributed by atoms with Crippen molar-refractivity contribution in [1.82, 2.24) is 5.32 Å². The minimum atomic E-state index is 0.201. The van der Waals surface area contributed by atoms with Crippen LogP contribution in [0.15, 0.2) is 18.2 Å². The van der Waals surface area contributed by atoms with Crippen LogP contribution in [0, 0.1) is 0 Å². The number of rotatable bonds is 5. The molecule has 1 saturated heterocycles. The summed E-state index contributed by atoms with van der Waals surface area (Å²) >= 11 is 0. The molecule has 0 spiro atoms. The Morgan fingerprint density at radius 2 is 2.17 bits per heavy atom. The van der Waals surface area contributed by atoms with Crippen molar-refractivity contribution in [2.45, 2.75) is 32.4 Å².